The van der Waals surface area contributed by atoms with Crippen LogP contribution in [-0.4, -0.2) is 29.9 Å². The number of carbonyl (C=O) groups excluding carboxylic acids is 1. The highest BCUT2D eigenvalue weighted by atomic mass is 32.1. The van der Waals surface area contributed by atoms with Gasteiger partial charge in [-0.1, -0.05) is 20.8 Å². The van der Waals surface area contributed by atoms with E-state index in [1.165, 1.54) is 4.88 Å². The first-order chi connectivity index (χ1) is 12.2. The van der Waals surface area contributed by atoms with Gasteiger partial charge in [-0.25, -0.2) is 5.01 Å². The first-order valence-electron chi connectivity index (χ1n) is 8.90. The molecule has 138 valence electrons. The molecule has 1 aromatic heterocycles. The number of nitrogens with two attached hydrogens (primary N) is 1. The van der Waals surface area contributed by atoms with Crippen LogP contribution in [0.1, 0.15) is 55.7 Å². The van der Waals surface area contributed by atoms with Gasteiger partial charge in [-0.05, 0) is 30.4 Å². The van der Waals surface area contributed by atoms with Crippen LogP contribution in [0.15, 0.2) is 34.8 Å². The molecule has 0 unspecified atom stereocenters. The molecule has 2 aliphatic rings. The van der Waals surface area contributed by atoms with E-state index >= 15 is 0 Å². The van der Waals surface area contributed by atoms with Crippen molar-refractivity contribution in [2.45, 2.75) is 51.4 Å². The van der Waals surface area contributed by atoms with Crippen LogP contribution < -0.4 is 5.73 Å². The number of allylic oxidation sites excluding steroid dienone is 3. The Labute approximate surface area is 159 Å². The highest BCUT2D eigenvalue weighted by Crippen LogP contribution is 2.47. The van der Waals surface area contributed by atoms with Crippen LogP contribution in [0.2, 0.25) is 0 Å². The molecule has 26 heavy (non-hydrogen) atoms. The largest absolute Gasteiger partial charge is 0.383 e. The van der Waals surface area contributed by atoms with Crippen molar-refractivity contribution in [2.24, 2.45) is 5.73 Å². The van der Waals surface area contributed by atoms with Crippen LogP contribution in [0, 0.1) is 11.3 Å². The van der Waals surface area contributed by atoms with Gasteiger partial charge in [0, 0.05) is 41.5 Å². The van der Waals surface area contributed by atoms with Crippen molar-refractivity contribution in [2.75, 3.05) is 14.1 Å². The lowest BCUT2D eigenvalue weighted by atomic mass is 9.78. The second-order valence-corrected chi connectivity index (χ2v) is 9.21. The number of rotatable bonds is 2. The highest BCUT2D eigenvalue weighted by molar-refractivity contribution is 7.12. The maximum absolute atomic E-state index is 12.9. The lowest BCUT2D eigenvalue weighted by molar-refractivity contribution is -0.116. The van der Waals surface area contributed by atoms with Crippen molar-refractivity contribution >= 4 is 17.1 Å². The Bertz CT molecular complexity index is 848. The van der Waals surface area contributed by atoms with Crippen LogP contribution in [0.5, 0.6) is 0 Å². The zero-order valence-electron chi connectivity index (χ0n) is 16.1. The second-order valence-electron chi connectivity index (χ2n) is 8.09. The topological polar surface area (TPSA) is 73.4 Å². The zero-order chi connectivity index (χ0) is 19.2. The van der Waals surface area contributed by atoms with Crippen molar-refractivity contribution in [1.82, 2.24) is 10.0 Å². The summed E-state index contributed by atoms with van der Waals surface area (Å²) in [5, 5.41) is 13.6. The minimum absolute atomic E-state index is 0.0309. The monoisotopic (exact) mass is 370 g/mol. The Hall–Kier alpha value is -2.10. The number of Topliss-reactive ketones (excluding diaryl/α,β-unsaturated/α-hetero) is 1. The summed E-state index contributed by atoms with van der Waals surface area (Å²) in [7, 11) is 3.77. The van der Waals surface area contributed by atoms with Gasteiger partial charge in [0.25, 0.3) is 0 Å². The van der Waals surface area contributed by atoms with E-state index in [9.17, 15) is 10.1 Å². The molecule has 1 aliphatic heterocycles. The van der Waals surface area contributed by atoms with E-state index in [-0.39, 0.29) is 17.1 Å². The molecule has 2 heterocycles. The van der Waals surface area contributed by atoms with Crippen LogP contribution in [0.25, 0.3) is 0 Å². The van der Waals surface area contributed by atoms with Crippen LogP contribution >= 0.6 is 11.3 Å². The summed E-state index contributed by atoms with van der Waals surface area (Å²) in [5.74, 6) is 0.218. The Balaban J connectivity index is 2.21. The zero-order valence-corrected chi connectivity index (χ0v) is 16.9. The molecule has 0 radical (unpaired) electrons. The summed E-state index contributed by atoms with van der Waals surface area (Å²) in [6.45, 7) is 6.51. The first-order valence-corrected chi connectivity index (χ1v) is 9.72. The smallest absolute Gasteiger partial charge is 0.161 e. The number of carbonyl (C=O) groups is 1. The minimum atomic E-state index is -0.347. The summed E-state index contributed by atoms with van der Waals surface area (Å²) in [5.41, 5.74) is 8.60. The molecule has 1 aliphatic carbocycles. The van der Waals surface area contributed by atoms with E-state index in [2.05, 4.69) is 39.0 Å². The van der Waals surface area contributed by atoms with Gasteiger partial charge in [0.2, 0.25) is 0 Å². The third kappa shape index (κ3) is 2.95. The molecule has 0 saturated carbocycles. The Kier molecular flexibility index (Phi) is 4.72. The molecule has 1 aromatic rings. The molecule has 0 spiro atoms. The summed E-state index contributed by atoms with van der Waals surface area (Å²) in [4.78, 5) is 15.1. The number of nitriles is 1. The van der Waals surface area contributed by atoms with Gasteiger partial charge in [0.15, 0.2) is 5.78 Å². The number of hydrogen-bond donors (Lipinski definition) is 1. The number of nitrogens with zero attached hydrogens (tertiary/aromatic N) is 3. The number of ketones is 1. The predicted molar refractivity (Wildman–Crippen MR) is 104 cm³/mol. The fraction of sp³-hybridized carbons (Fsp3) is 0.500. The highest BCUT2D eigenvalue weighted by Gasteiger charge is 2.41. The molecule has 0 amide bonds. The summed E-state index contributed by atoms with van der Waals surface area (Å²) in [6.07, 6.45) is 2.15. The van der Waals surface area contributed by atoms with Gasteiger partial charge in [0.05, 0.1) is 17.6 Å². The molecule has 0 aromatic carbocycles. The Morgan fingerprint density at radius 2 is 2.00 bits per heavy atom. The van der Waals surface area contributed by atoms with E-state index < -0.39 is 0 Å². The average molecular weight is 371 g/mol. The first kappa shape index (κ1) is 18.7. The minimum Gasteiger partial charge on any atom is -0.383 e. The van der Waals surface area contributed by atoms with Crippen LogP contribution in [0.4, 0.5) is 0 Å². The number of hydrogen-bond acceptors (Lipinski definition) is 6. The van der Waals surface area contributed by atoms with E-state index in [4.69, 9.17) is 5.73 Å². The maximum atomic E-state index is 12.9. The molecule has 0 bridgehead atoms. The van der Waals surface area contributed by atoms with E-state index in [0.29, 0.717) is 17.8 Å². The molecular weight excluding hydrogens is 344 g/mol. The van der Waals surface area contributed by atoms with Crippen molar-refractivity contribution < 1.29 is 4.79 Å². The molecule has 0 fully saturated rings. The Morgan fingerprint density at radius 1 is 1.31 bits per heavy atom. The van der Waals surface area contributed by atoms with Crippen LogP contribution in [0.3, 0.4) is 0 Å². The lowest BCUT2D eigenvalue weighted by Crippen LogP contribution is -2.45. The molecule has 3 rings (SSSR count). The molecule has 2 N–H and O–H groups in total. The third-order valence-electron chi connectivity index (χ3n) is 4.94. The summed E-state index contributed by atoms with van der Waals surface area (Å²) in [6, 6.07) is 6.46. The number of thiophene rings is 1. The van der Waals surface area contributed by atoms with Gasteiger partial charge >= 0.3 is 0 Å². The van der Waals surface area contributed by atoms with Gasteiger partial charge in [0.1, 0.15) is 5.82 Å². The fourth-order valence-corrected chi connectivity index (χ4v) is 4.91. The third-order valence-corrected chi connectivity index (χ3v) is 6.51. The summed E-state index contributed by atoms with van der Waals surface area (Å²) < 4.78 is 0. The standard InChI is InChI=1S/C20H26N4OS/c1-20(2,3)16-10-9-15(26-16)17-12(11-21)19(22)24(23(4)5)13-7-6-8-14(25)18(13)17/h9-10,17H,6-8,22H2,1-5H3/t17-/m1/s1. The van der Waals surface area contributed by atoms with Crippen molar-refractivity contribution in [3.05, 3.63) is 44.6 Å². The second kappa shape index (κ2) is 6.57. The average Bonchev–Trinajstić information content (AvgIpc) is 3.03. The molecular formula is C20H26N4OS. The van der Waals surface area contributed by atoms with Crippen molar-refractivity contribution in [1.29, 1.82) is 5.26 Å². The van der Waals surface area contributed by atoms with Gasteiger partial charge in [-0.3, -0.25) is 9.80 Å². The van der Waals surface area contributed by atoms with Crippen molar-refractivity contribution in [3.8, 4) is 6.07 Å². The number of hydrazine groups is 1. The van der Waals surface area contributed by atoms with Gasteiger partial charge in [-0.2, -0.15) is 5.26 Å². The van der Waals surface area contributed by atoms with E-state index in [0.717, 1.165) is 29.0 Å². The molecule has 1 atom stereocenters. The molecule has 5 nitrogen and oxygen atoms in total. The van der Waals surface area contributed by atoms with Gasteiger partial charge < -0.3 is 5.73 Å². The Morgan fingerprint density at radius 3 is 2.54 bits per heavy atom. The quantitative estimate of drug-likeness (QED) is 0.861. The van der Waals surface area contributed by atoms with Gasteiger partial charge in [-0.15, -0.1) is 11.3 Å². The fourth-order valence-electron chi connectivity index (χ4n) is 3.72. The van der Waals surface area contributed by atoms with Crippen molar-refractivity contribution in [3.63, 3.8) is 0 Å². The van der Waals surface area contributed by atoms with E-state index in [1.54, 1.807) is 11.3 Å². The van der Waals surface area contributed by atoms with Crippen LogP contribution in [-0.2, 0) is 10.2 Å². The predicted octanol–water partition coefficient (Wildman–Crippen LogP) is 3.62. The SMILES string of the molecule is CN(C)N1C(N)=C(C#N)[C@H](c2ccc(C(C)(C)C)s2)C2=C1CCCC2=O. The molecule has 0 saturated heterocycles. The van der Waals surface area contributed by atoms with E-state index in [1.807, 2.05) is 24.1 Å². The normalized spacial score (nSPS) is 21.3. The summed E-state index contributed by atoms with van der Waals surface area (Å²) >= 11 is 1.68. The molecule has 6 heteroatoms. The maximum Gasteiger partial charge on any atom is 0.161 e. The lowest BCUT2D eigenvalue weighted by Gasteiger charge is -2.42.